The van der Waals surface area contributed by atoms with E-state index in [2.05, 4.69) is 10.2 Å². The van der Waals surface area contributed by atoms with Crippen molar-refractivity contribution in [2.45, 2.75) is 18.9 Å². The Kier molecular flexibility index (Phi) is 4.20. The number of ether oxygens (including phenoxy) is 1. The summed E-state index contributed by atoms with van der Waals surface area (Å²) in [5.41, 5.74) is 2.25. The maximum Gasteiger partial charge on any atom is 0.317 e. The van der Waals surface area contributed by atoms with Crippen LogP contribution in [-0.4, -0.2) is 56.2 Å². The summed E-state index contributed by atoms with van der Waals surface area (Å²) >= 11 is 0. The van der Waals surface area contributed by atoms with E-state index in [0.717, 1.165) is 44.6 Å². The molecule has 1 aromatic rings. The fraction of sp³-hybridized carbons (Fsp3) is 0.562. The minimum atomic E-state index is -0.286. The number of nitrogens with one attached hydrogen (secondary N) is 1. The second-order valence-electron chi connectivity index (χ2n) is 5.82. The largest absolute Gasteiger partial charge is 0.494 e. The summed E-state index contributed by atoms with van der Waals surface area (Å²) in [5, 5.41) is 2.67. The quantitative estimate of drug-likeness (QED) is 0.906. The Labute approximate surface area is 130 Å². The maximum atomic E-state index is 13.8. The van der Waals surface area contributed by atoms with Gasteiger partial charge < -0.3 is 15.0 Å². The molecule has 1 saturated heterocycles. The van der Waals surface area contributed by atoms with Gasteiger partial charge in [-0.2, -0.15) is 0 Å². The van der Waals surface area contributed by atoms with E-state index in [1.54, 1.807) is 13.1 Å². The van der Waals surface area contributed by atoms with Crippen molar-refractivity contribution in [1.29, 1.82) is 0 Å². The summed E-state index contributed by atoms with van der Waals surface area (Å²) < 4.78 is 18.9. The van der Waals surface area contributed by atoms with Gasteiger partial charge in [0.2, 0.25) is 0 Å². The van der Waals surface area contributed by atoms with E-state index >= 15 is 0 Å². The number of carbonyl (C=O) groups is 1. The van der Waals surface area contributed by atoms with Gasteiger partial charge in [0.05, 0.1) is 7.11 Å². The second kappa shape index (κ2) is 6.12. The first-order valence-corrected chi connectivity index (χ1v) is 7.71. The first-order chi connectivity index (χ1) is 10.6. The molecule has 0 aromatic heterocycles. The van der Waals surface area contributed by atoms with Crippen LogP contribution in [0.1, 0.15) is 23.6 Å². The van der Waals surface area contributed by atoms with Gasteiger partial charge in [-0.25, -0.2) is 9.18 Å². The van der Waals surface area contributed by atoms with E-state index in [0.29, 0.717) is 11.8 Å². The van der Waals surface area contributed by atoms with Gasteiger partial charge in [-0.05, 0) is 36.1 Å². The van der Waals surface area contributed by atoms with Crippen molar-refractivity contribution in [3.8, 4) is 5.75 Å². The van der Waals surface area contributed by atoms with Gasteiger partial charge >= 0.3 is 6.03 Å². The average Bonchev–Trinajstić information content (AvgIpc) is 2.96. The number of hydrogen-bond acceptors (Lipinski definition) is 3. The Hall–Kier alpha value is -1.82. The van der Waals surface area contributed by atoms with Crippen LogP contribution in [0.5, 0.6) is 5.75 Å². The lowest BCUT2D eigenvalue weighted by molar-refractivity contribution is 0.109. The average molecular weight is 307 g/mol. The van der Waals surface area contributed by atoms with Gasteiger partial charge in [-0.3, -0.25) is 4.90 Å². The zero-order valence-corrected chi connectivity index (χ0v) is 13.1. The van der Waals surface area contributed by atoms with Crippen molar-refractivity contribution in [2.24, 2.45) is 0 Å². The molecule has 120 valence electrons. The molecule has 0 saturated carbocycles. The van der Waals surface area contributed by atoms with Crippen LogP contribution >= 0.6 is 0 Å². The number of piperazine rings is 1. The second-order valence-corrected chi connectivity index (χ2v) is 5.82. The van der Waals surface area contributed by atoms with Crippen LogP contribution in [0.4, 0.5) is 9.18 Å². The predicted octanol–water partition coefficient (Wildman–Crippen LogP) is 1.78. The van der Waals surface area contributed by atoms with Crippen LogP contribution in [0.15, 0.2) is 12.1 Å². The Bertz CT molecular complexity index is 571. The Balaban J connectivity index is 1.73. The molecule has 0 radical (unpaired) electrons. The molecule has 1 heterocycles. The zero-order valence-electron chi connectivity index (χ0n) is 13.1. The van der Waals surface area contributed by atoms with E-state index < -0.39 is 0 Å². The lowest BCUT2D eigenvalue weighted by Gasteiger charge is -2.38. The van der Waals surface area contributed by atoms with Crippen molar-refractivity contribution in [3.63, 3.8) is 0 Å². The van der Waals surface area contributed by atoms with Gasteiger partial charge in [-0.1, -0.05) is 0 Å². The third-order valence-electron chi connectivity index (χ3n) is 4.72. The summed E-state index contributed by atoms with van der Waals surface area (Å²) in [4.78, 5) is 15.9. The summed E-state index contributed by atoms with van der Waals surface area (Å²) in [6.07, 6.45) is 1.90. The van der Waals surface area contributed by atoms with Crippen LogP contribution in [0.2, 0.25) is 0 Å². The normalized spacial score (nSPS) is 21.6. The molecule has 0 spiro atoms. The Morgan fingerprint density at radius 3 is 2.68 bits per heavy atom. The van der Waals surface area contributed by atoms with Crippen molar-refractivity contribution < 1.29 is 13.9 Å². The molecule has 6 heteroatoms. The highest BCUT2D eigenvalue weighted by Gasteiger charge is 2.32. The minimum Gasteiger partial charge on any atom is -0.494 e. The third-order valence-corrected chi connectivity index (χ3v) is 4.72. The van der Waals surface area contributed by atoms with E-state index in [1.807, 2.05) is 11.0 Å². The molecule has 1 aromatic carbocycles. The van der Waals surface area contributed by atoms with Gasteiger partial charge in [0.15, 0.2) is 11.6 Å². The topological polar surface area (TPSA) is 44.8 Å². The number of methoxy groups -OCH3 is 1. The number of amides is 2. The molecule has 1 N–H and O–H groups in total. The molecule has 2 aliphatic rings. The highest BCUT2D eigenvalue weighted by atomic mass is 19.1. The third kappa shape index (κ3) is 2.63. The number of halogens is 1. The number of aryl methyl sites for hydroxylation is 1. The van der Waals surface area contributed by atoms with Crippen LogP contribution < -0.4 is 10.1 Å². The van der Waals surface area contributed by atoms with Crippen molar-refractivity contribution in [3.05, 3.63) is 29.1 Å². The highest BCUT2D eigenvalue weighted by molar-refractivity contribution is 5.73. The molecule has 1 atom stereocenters. The number of nitrogens with zero attached hydrogens (tertiary/aromatic N) is 2. The molecule has 5 nitrogen and oxygen atoms in total. The number of rotatable bonds is 2. The minimum absolute atomic E-state index is 0.0183. The molecule has 1 unspecified atom stereocenters. The first kappa shape index (κ1) is 15.1. The van der Waals surface area contributed by atoms with Crippen LogP contribution in [0.3, 0.4) is 0 Å². The molecule has 2 amide bonds. The van der Waals surface area contributed by atoms with Crippen molar-refractivity contribution >= 4 is 6.03 Å². The van der Waals surface area contributed by atoms with E-state index in [-0.39, 0.29) is 11.8 Å². The molecule has 3 rings (SSSR count). The first-order valence-electron chi connectivity index (χ1n) is 7.71. The SMILES string of the molecule is CNC(=O)N1CCN(C2CCc3cc(F)c(OC)cc32)CC1. The van der Waals surface area contributed by atoms with Crippen molar-refractivity contribution in [1.82, 2.24) is 15.1 Å². The Morgan fingerprint density at radius 1 is 1.32 bits per heavy atom. The lowest BCUT2D eigenvalue weighted by atomic mass is 10.1. The van der Waals surface area contributed by atoms with Crippen LogP contribution in [0.25, 0.3) is 0 Å². The number of hydrogen-bond donors (Lipinski definition) is 1. The van der Waals surface area contributed by atoms with Crippen LogP contribution in [-0.2, 0) is 6.42 Å². The number of urea groups is 1. The summed E-state index contributed by atoms with van der Waals surface area (Å²) in [6, 6.07) is 3.73. The van der Waals surface area contributed by atoms with Gasteiger partial charge in [0.25, 0.3) is 0 Å². The predicted molar refractivity (Wildman–Crippen MR) is 81.6 cm³/mol. The summed E-state index contributed by atoms with van der Waals surface area (Å²) in [5.74, 6) is 0.0287. The monoisotopic (exact) mass is 307 g/mol. The number of carbonyl (C=O) groups excluding carboxylic acids is 1. The molecule has 22 heavy (non-hydrogen) atoms. The molecular weight excluding hydrogens is 285 g/mol. The van der Waals surface area contributed by atoms with Gasteiger partial charge in [-0.15, -0.1) is 0 Å². The smallest absolute Gasteiger partial charge is 0.317 e. The van der Waals surface area contributed by atoms with E-state index in [1.165, 1.54) is 12.7 Å². The van der Waals surface area contributed by atoms with Crippen molar-refractivity contribution in [2.75, 3.05) is 40.3 Å². The van der Waals surface area contributed by atoms with E-state index in [4.69, 9.17) is 4.74 Å². The number of benzene rings is 1. The lowest BCUT2D eigenvalue weighted by Crippen LogP contribution is -2.51. The number of fused-ring (bicyclic) bond motifs is 1. The van der Waals surface area contributed by atoms with Gasteiger partial charge in [0.1, 0.15) is 0 Å². The fourth-order valence-corrected chi connectivity index (χ4v) is 3.52. The zero-order chi connectivity index (χ0) is 15.7. The Morgan fingerprint density at radius 2 is 2.05 bits per heavy atom. The van der Waals surface area contributed by atoms with Crippen LogP contribution in [0, 0.1) is 5.82 Å². The highest BCUT2D eigenvalue weighted by Crippen LogP contribution is 2.39. The molecule has 0 bridgehead atoms. The summed E-state index contributed by atoms with van der Waals surface area (Å²) in [6.45, 7) is 3.14. The molecule has 1 fully saturated rings. The standard InChI is InChI=1S/C16H22FN3O2/c1-18-16(21)20-7-5-19(6-8-20)14-4-3-11-9-13(17)15(22-2)10-12(11)14/h9-10,14H,3-8H2,1-2H3,(H,18,21). The maximum absolute atomic E-state index is 13.8. The molecule has 1 aliphatic heterocycles. The fourth-order valence-electron chi connectivity index (χ4n) is 3.52. The molecular formula is C16H22FN3O2. The molecule has 1 aliphatic carbocycles. The summed E-state index contributed by atoms with van der Waals surface area (Å²) in [7, 11) is 3.15. The van der Waals surface area contributed by atoms with Gasteiger partial charge in [0, 0.05) is 39.3 Å². The van der Waals surface area contributed by atoms with E-state index in [9.17, 15) is 9.18 Å².